The molecule has 1 unspecified atom stereocenters. The second-order valence-corrected chi connectivity index (χ2v) is 8.63. The monoisotopic (exact) mass is 440 g/mol. The van der Waals surface area contributed by atoms with Crippen molar-refractivity contribution in [2.75, 3.05) is 55.6 Å². The van der Waals surface area contributed by atoms with Crippen LogP contribution >= 0.6 is 11.6 Å². The van der Waals surface area contributed by atoms with Crippen LogP contribution in [0.15, 0.2) is 54.6 Å². The maximum atomic E-state index is 12.5. The van der Waals surface area contributed by atoms with Crippen LogP contribution in [0.5, 0.6) is 0 Å². The first-order valence-electron chi connectivity index (χ1n) is 11.0. The maximum Gasteiger partial charge on any atom is 0.227 e. The Labute approximate surface area is 188 Å². The van der Waals surface area contributed by atoms with E-state index in [0.29, 0.717) is 13.1 Å². The number of anilines is 2. The van der Waals surface area contributed by atoms with Gasteiger partial charge in [-0.05, 0) is 49.4 Å². The number of para-hydroxylation sites is 1. The zero-order chi connectivity index (χ0) is 21.6. The van der Waals surface area contributed by atoms with Crippen molar-refractivity contribution in [1.29, 1.82) is 0 Å². The van der Waals surface area contributed by atoms with Crippen LogP contribution in [0.25, 0.3) is 0 Å². The second-order valence-electron chi connectivity index (χ2n) is 8.19. The van der Waals surface area contributed by atoms with Gasteiger partial charge in [-0.2, -0.15) is 0 Å². The molecule has 0 aliphatic carbocycles. The highest BCUT2D eigenvalue weighted by molar-refractivity contribution is 6.30. The lowest BCUT2D eigenvalue weighted by atomic mass is 10.1. The topological polar surface area (TPSA) is 55.9 Å². The molecule has 0 aromatic heterocycles. The van der Waals surface area contributed by atoms with Gasteiger partial charge in [0.15, 0.2) is 0 Å². The highest BCUT2D eigenvalue weighted by Crippen LogP contribution is 2.25. The van der Waals surface area contributed by atoms with Crippen molar-refractivity contribution in [2.24, 2.45) is 5.92 Å². The van der Waals surface area contributed by atoms with E-state index in [1.54, 1.807) is 4.90 Å². The third-order valence-electron chi connectivity index (χ3n) is 6.08. The minimum Gasteiger partial charge on any atom is -0.369 e. The number of hydrogen-bond acceptors (Lipinski definition) is 4. The fourth-order valence-corrected chi connectivity index (χ4v) is 4.41. The van der Waals surface area contributed by atoms with Gasteiger partial charge in [-0.25, -0.2) is 0 Å². The van der Waals surface area contributed by atoms with E-state index >= 15 is 0 Å². The van der Waals surface area contributed by atoms with E-state index < -0.39 is 0 Å². The fourth-order valence-electron chi connectivity index (χ4n) is 4.28. The summed E-state index contributed by atoms with van der Waals surface area (Å²) < 4.78 is 0. The predicted octanol–water partition coefficient (Wildman–Crippen LogP) is 3.02. The lowest BCUT2D eigenvalue weighted by molar-refractivity contribution is -0.126. The number of rotatable bonds is 7. The third-order valence-corrected chi connectivity index (χ3v) is 6.33. The largest absolute Gasteiger partial charge is 0.369 e. The Bertz CT molecular complexity index is 882. The highest BCUT2D eigenvalue weighted by Gasteiger charge is 2.34. The van der Waals surface area contributed by atoms with Crippen molar-refractivity contribution >= 4 is 34.8 Å². The van der Waals surface area contributed by atoms with E-state index in [2.05, 4.69) is 27.2 Å². The van der Waals surface area contributed by atoms with Crippen LogP contribution in [-0.2, 0) is 9.59 Å². The van der Waals surface area contributed by atoms with Gasteiger partial charge in [-0.1, -0.05) is 29.8 Å². The molecule has 1 atom stereocenters. The van der Waals surface area contributed by atoms with Crippen LogP contribution in [0.3, 0.4) is 0 Å². The predicted molar refractivity (Wildman–Crippen MR) is 125 cm³/mol. The highest BCUT2D eigenvalue weighted by atomic mass is 35.5. The lowest BCUT2D eigenvalue weighted by Crippen LogP contribution is -2.47. The molecule has 0 spiro atoms. The smallest absolute Gasteiger partial charge is 0.227 e. The first-order valence-corrected chi connectivity index (χ1v) is 11.3. The molecule has 6 nitrogen and oxygen atoms in total. The van der Waals surface area contributed by atoms with Crippen molar-refractivity contribution in [3.63, 3.8) is 0 Å². The number of nitrogens with one attached hydrogen (secondary N) is 1. The molecule has 2 heterocycles. The fraction of sp³-hybridized carbons (Fsp3) is 0.417. The molecule has 1 N–H and O–H groups in total. The summed E-state index contributed by atoms with van der Waals surface area (Å²) in [7, 11) is 0. The molecular formula is C24H29ClN4O2. The summed E-state index contributed by atoms with van der Waals surface area (Å²) in [6, 6.07) is 17.6. The average Bonchev–Trinajstić information content (AvgIpc) is 3.20. The Kier molecular flexibility index (Phi) is 7.10. The van der Waals surface area contributed by atoms with Gasteiger partial charge in [0, 0.05) is 62.1 Å². The molecule has 0 radical (unpaired) electrons. The normalized spacial score (nSPS) is 19.6. The van der Waals surface area contributed by atoms with E-state index in [1.807, 2.05) is 42.5 Å². The van der Waals surface area contributed by atoms with Gasteiger partial charge in [0.1, 0.15) is 0 Å². The lowest BCUT2D eigenvalue weighted by Gasteiger charge is -2.36. The molecule has 7 heteroatoms. The minimum atomic E-state index is -0.268. The molecule has 164 valence electrons. The Hall–Kier alpha value is -2.57. The van der Waals surface area contributed by atoms with E-state index in [-0.39, 0.29) is 24.2 Å². The number of amides is 2. The Balaban J connectivity index is 1.14. The first kappa shape index (κ1) is 21.7. The van der Waals surface area contributed by atoms with Crippen LogP contribution in [0.4, 0.5) is 11.4 Å². The van der Waals surface area contributed by atoms with Gasteiger partial charge in [-0.3, -0.25) is 14.5 Å². The Morgan fingerprint density at radius 1 is 0.968 bits per heavy atom. The van der Waals surface area contributed by atoms with Gasteiger partial charge < -0.3 is 15.1 Å². The summed E-state index contributed by atoms with van der Waals surface area (Å²) in [6.07, 6.45) is 1.20. The van der Waals surface area contributed by atoms with E-state index in [9.17, 15) is 9.59 Å². The standard InChI is InChI=1S/C24H29ClN4O2/c25-20-7-9-21(10-8-20)28-15-13-27(14-16-28)12-4-11-26-24(31)19-17-23(30)29(18-19)22-5-2-1-3-6-22/h1-3,5-10,19H,4,11-18H2,(H,26,31). The number of hydrogen-bond donors (Lipinski definition) is 1. The molecule has 4 rings (SSSR count). The van der Waals surface area contributed by atoms with Crippen molar-refractivity contribution in [3.8, 4) is 0 Å². The zero-order valence-electron chi connectivity index (χ0n) is 17.7. The van der Waals surface area contributed by atoms with Crippen LogP contribution < -0.4 is 15.1 Å². The van der Waals surface area contributed by atoms with Crippen LogP contribution in [0, 0.1) is 5.92 Å². The van der Waals surface area contributed by atoms with Gasteiger partial charge in [-0.15, -0.1) is 0 Å². The summed E-state index contributed by atoms with van der Waals surface area (Å²) in [5, 5.41) is 3.79. The molecule has 2 aromatic carbocycles. The summed E-state index contributed by atoms with van der Waals surface area (Å²) in [5.41, 5.74) is 2.08. The average molecular weight is 441 g/mol. The third kappa shape index (κ3) is 5.57. The van der Waals surface area contributed by atoms with Crippen LogP contribution in [0.2, 0.25) is 5.02 Å². The number of carbonyl (C=O) groups is 2. The molecule has 2 aliphatic rings. The molecule has 0 bridgehead atoms. The first-order chi connectivity index (χ1) is 15.1. The van der Waals surface area contributed by atoms with Crippen molar-refractivity contribution < 1.29 is 9.59 Å². The van der Waals surface area contributed by atoms with Crippen LogP contribution in [0.1, 0.15) is 12.8 Å². The summed E-state index contributed by atoms with van der Waals surface area (Å²) in [5.74, 6) is -0.264. The second kappa shape index (κ2) is 10.2. The molecule has 2 saturated heterocycles. The maximum absolute atomic E-state index is 12.5. The zero-order valence-corrected chi connectivity index (χ0v) is 18.4. The summed E-state index contributed by atoms with van der Waals surface area (Å²) >= 11 is 5.98. The van der Waals surface area contributed by atoms with Crippen LogP contribution in [-0.4, -0.2) is 62.5 Å². The molecule has 2 aromatic rings. The van der Waals surface area contributed by atoms with E-state index in [0.717, 1.165) is 49.9 Å². The number of piperazine rings is 1. The van der Waals surface area contributed by atoms with E-state index in [1.165, 1.54) is 5.69 Å². The van der Waals surface area contributed by atoms with Gasteiger partial charge in [0.05, 0.1) is 5.92 Å². The molecule has 31 heavy (non-hydrogen) atoms. The van der Waals surface area contributed by atoms with Gasteiger partial charge in [0.2, 0.25) is 11.8 Å². The minimum absolute atomic E-state index is 0.0145. The number of benzene rings is 2. The molecule has 2 fully saturated rings. The van der Waals surface area contributed by atoms with Gasteiger partial charge in [0.25, 0.3) is 0 Å². The molecule has 2 aliphatic heterocycles. The SMILES string of the molecule is O=C(NCCCN1CCN(c2ccc(Cl)cc2)CC1)C1CC(=O)N(c2ccccc2)C1. The van der Waals surface area contributed by atoms with Crippen molar-refractivity contribution in [2.45, 2.75) is 12.8 Å². The summed E-state index contributed by atoms with van der Waals surface area (Å²) in [4.78, 5) is 31.4. The van der Waals surface area contributed by atoms with E-state index in [4.69, 9.17) is 11.6 Å². The molecule has 0 saturated carbocycles. The van der Waals surface area contributed by atoms with Crippen molar-refractivity contribution in [3.05, 3.63) is 59.6 Å². The number of nitrogens with zero attached hydrogens (tertiary/aromatic N) is 3. The Morgan fingerprint density at radius 3 is 2.39 bits per heavy atom. The Morgan fingerprint density at radius 2 is 1.68 bits per heavy atom. The van der Waals surface area contributed by atoms with Gasteiger partial charge >= 0.3 is 0 Å². The molecule has 2 amide bonds. The molecular weight excluding hydrogens is 412 g/mol. The number of carbonyl (C=O) groups excluding carboxylic acids is 2. The van der Waals surface area contributed by atoms with Crippen molar-refractivity contribution in [1.82, 2.24) is 10.2 Å². The number of halogens is 1. The quantitative estimate of drug-likeness (QED) is 0.672. The summed E-state index contributed by atoms with van der Waals surface area (Å²) in [6.45, 7) is 6.09.